The van der Waals surface area contributed by atoms with Crippen LogP contribution in [0.3, 0.4) is 0 Å². The van der Waals surface area contributed by atoms with Gasteiger partial charge in [-0.15, -0.1) is 29.3 Å². The Morgan fingerprint density at radius 1 is 0.826 bits per heavy atom. The van der Waals surface area contributed by atoms with Gasteiger partial charge in [0.15, 0.2) is 0 Å². The van der Waals surface area contributed by atoms with Crippen molar-refractivity contribution in [3.63, 3.8) is 0 Å². The molecule has 0 bridgehead atoms. The van der Waals surface area contributed by atoms with E-state index in [4.69, 9.17) is 0 Å². The quantitative estimate of drug-likeness (QED) is 0.435. The summed E-state index contributed by atoms with van der Waals surface area (Å²) in [7, 11) is 0. The number of aromatic nitrogens is 1. The van der Waals surface area contributed by atoms with Gasteiger partial charge in [-0.05, 0) is 11.5 Å². The Labute approximate surface area is 147 Å². The average Bonchev–Trinajstić information content (AvgIpc) is 2.96. The molecule has 0 saturated heterocycles. The molecular weight excluding hydrogens is 318 g/mol. The van der Waals surface area contributed by atoms with Gasteiger partial charge in [0.25, 0.3) is 0 Å². The first-order chi connectivity index (χ1) is 10.8. The van der Waals surface area contributed by atoms with Gasteiger partial charge in [-0.25, -0.2) is 0 Å². The van der Waals surface area contributed by atoms with Crippen molar-refractivity contribution in [1.29, 1.82) is 0 Å². The van der Waals surface area contributed by atoms with Crippen LogP contribution in [0.25, 0.3) is 33.2 Å². The molecule has 1 nitrogen and oxygen atoms in total. The molecule has 0 spiro atoms. The molecule has 112 valence electrons. The van der Waals surface area contributed by atoms with E-state index in [0.29, 0.717) is 0 Å². The molecule has 4 rings (SSSR count). The number of hydrogen-bond acceptors (Lipinski definition) is 1. The summed E-state index contributed by atoms with van der Waals surface area (Å²) in [4.78, 5) is 4.58. The zero-order chi connectivity index (χ0) is 14.9. The third kappa shape index (κ3) is 2.72. The first-order valence-electron chi connectivity index (χ1n) is 7.50. The molecule has 23 heavy (non-hydrogen) atoms. The molecular formula is C21H16CrN-. The number of pyridine rings is 1. The van der Waals surface area contributed by atoms with E-state index in [0.717, 1.165) is 5.52 Å². The summed E-state index contributed by atoms with van der Waals surface area (Å²) < 4.78 is 0. The first-order valence-corrected chi connectivity index (χ1v) is 7.50. The predicted molar refractivity (Wildman–Crippen MR) is 92.9 cm³/mol. The third-order valence-corrected chi connectivity index (χ3v) is 4.23. The van der Waals surface area contributed by atoms with Gasteiger partial charge in [-0.2, -0.15) is 0 Å². The van der Waals surface area contributed by atoms with Crippen molar-refractivity contribution in [1.82, 2.24) is 4.98 Å². The van der Waals surface area contributed by atoms with Gasteiger partial charge in [-0.1, -0.05) is 72.1 Å². The SMILES string of the molecule is Cc1c(-c2ccccc2)cc[c-]1-c1cccc2cccnc12.[Cr]. The maximum absolute atomic E-state index is 4.58. The second kappa shape index (κ2) is 6.46. The van der Waals surface area contributed by atoms with Crippen molar-refractivity contribution in [2.75, 3.05) is 0 Å². The zero-order valence-corrected chi connectivity index (χ0v) is 14.1. The third-order valence-electron chi connectivity index (χ3n) is 4.23. The summed E-state index contributed by atoms with van der Waals surface area (Å²) in [6.07, 6.45) is 1.86. The topological polar surface area (TPSA) is 12.9 Å². The maximum atomic E-state index is 4.58. The molecule has 4 aromatic rings. The second-order valence-electron chi connectivity index (χ2n) is 5.53. The smallest absolute Gasteiger partial charge is 0.0183 e. The van der Waals surface area contributed by atoms with E-state index >= 15 is 0 Å². The molecule has 0 saturated carbocycles. The van der Waals surface area contributed by atoms with Crippen molar-refractivity contribution in [3.05, 3.63) is 84.6 Å². The van der Waals surface area contributed by atoms with E-state index in [1.54, 1.807) is 0 Å². The predicted octanol–water partition coefficient (Wildman–Crippen LogP) is 5.59. The summed E-state index contributed by atoms with van der Waals surface area (Å²) in [5, 5.41) is 1.18. The number of para-hydroxylation sites is 1. The Hall–Kier alpha value is -2.27. The van der Waals surface area contributed by atoms with Crippen LogP contribution in [0.5, 0.6) is 0 Å². The number of hydrogen-bond donors (Lipinski definition) is 0. The Bertz CT molecular complexity index is 933. The molecule has 0 aliphatic heterocycles. The van der Waals surface area contributed by atoms with E-state index in [1.807, 2.05) is 12.3 Å². The summed E-state index contributed by atoms with van der Waals surface area (Å²) in [5.41, 5.74) is 7.41. The average molecular weight is 334 g/mol. The second-order valence-corrected chi connectivity index (χ2v) is 5.53. The number of nitrogens with zero attached hydrogens (tertiary/aromatic N) is 1. The van der Waals surface area contributed by atoms with Crippen LogP contribution in [0, 0.1) is 6.92 Å². The molecule has 0 fully saturated rings. The number of rotatable bonds is 2. The van der Waals surface area contributed by atoms with Crippen LogP contribution in [-0.4, -0.2) is 4.98 Å². The molecule has 0 atom stereocenters. The van der Waals surface area contributed by atoms with Crippen LogP contribution in [0.15, 0.2) is 79.0 Å². The Balaban J connectivity index is 0.00000156. The van der Waals surface area contributed by atoms with Gasteiger partial charge in [0.05, 0.1) is 0 Å². The van der Waals surface area contributed by atoms with E-state index in [-0.39, 0.29) is 17.4 Å². The van der Waals surface area contributed by atoms with Gasteiger partial charge in [0.1, 0.15) is 0 Å². The van der Waals surface area contributed by atoms with Crippen LogP contribution in [0.1, 0.15) is 5.56 Å². The normalized spacial score (nSPS) is 10.5. The number of benzene rings is 2. The van der Waals surface area contributed by atoms with Crippen LogP contribution < -0.4 is 0 Å². The Kier molecular flexibility index (Phi) is 4.39. The summed E-state index contributed by atoms with van der Waals surface area (Å²) in [5.74, 6) is 0. The fourth-order valence-electron chi connectivity index (χ4n) is 3.11. The van der Waals surface area contributed by atoms with Crippen molar-refractivity contribution in [3.8, 4) is 22.3 Å². The molecule has 0 unspecified atom stereocenters. The minimum atomic E-state index is 0. The molecule has 1 heterocycles. The zero-order valence-electron chi connectivity index (χ0n) is 12.9. The van der Waals surface area contributed by atoms with Crippen LogP contribution >= 0.6 is 0 Å². The van der Waals surface area contributed by atoms with Crippen LogP contribution in [0.4, 0.5) is 0 Å². The van der Waals surface area contributed by atoms with Crippen LogP contribution in [0.2, 0.25) is 0 Å². The molecule has 0 radical (unpaired) electrons. The monoisotopic (exact) mass is 334 g/mol. The molecule has 2 heteroatoms. The fourth-order valence-corrected chi connectivity index (χ4v) is 3.11. The summed E-state index contributed by atoms with van der Waals surface area (Å²) >= 11 is 0. The summed E-state index contributed by atoms with van der Waals surface area (Å²) in [6.45, 7) is 2.19. The van der Waals surface area contributed by atoms with E-state index in [9.17, 15) is 0 Å². The maximum Gasteiger partial charge on any atom is 0.0183 e. The summed E-state index contributed by atoms with van der Waals surface area (Å²) in [6, 6.07) is 25.4. The Morgan fingerprint density at radius 2 is 1.61 bits per heavy atom. The fraction of sp³-hybridized carbons (Fsp3) is 0.0476. The molecule has 0 aliphatic rings. The van der Waals surface area contributed by atoms with E-state index < -0.39 is 0 Å². The van der Waals surface area contributed by atoms with Gasteiger partial charge < -0.3 is 0 Å². The van der Waals surface area contributed by atoms with Crippen LogP contribution in [-0.2, 0) is 17.4 Å². The first kappa shape index (κ1) is 15.6. The van der Waals surface area contributed by atoms with Crippen molar-refractivity contribution >= 4 is 10.9 Å². The van der Waals surface area contributed by atoms with Crippen molar-refractivity contribution in [2.45, 2.75) is 6.92 Å². The molecule has 0 amide bonds. The van der Waals surface area contributed by atoms with Gasteiger partial charge in [-0.3, -0.25) is 4.98 Å². The van der Waals surface area contributed by atoms with Crippen molar-refractivity contribution in [2.24, 2.45) is 0 Å². The standard InChI is InChI=1S/C21H16N.Cr/c1-15-18(16-7-3-2-4-8-16)12-13-19(15)20-11-5-9-17-10-6-14-22-21(17)20;/h2-14H,1H3;/q-1;. The molecule has 0 N–H and O–H groups in total. The van der Waals surface area contributed by atoms with E-state index in [2.05, 4.69) is 78.6 Å². The van der Waals surface area contributed by atoms with Gasteiger partial charge >= 0.3 is 0 Å². The molecule has 1 aromatic heterocycles. The van der Waals surface area contributed by atoms with Gasteiger partial charge in [0.2, 0.25) is 0 Å². The molecule has 0 aliphatic carbocycles. The number of fused-ring (bicyclic) bond motifs is 1. The van der Waals surface area contributed by atoms with E-state index in [1.165, 1.54) is 33.2 Å². The largest absolute Gasteiger partial charge is 0.294 e. The molecule has 3 aromatic carbocycles. The minimum Gasteiger partial charge on any atom is -0.294 e. The Morgan fingerprint density at radius 3 is 2.43 bits per heavy atom. The van der Waals surface area contributed by atoms with Gasteiger partial charge in [0, 0.05) is 29.1 Å². The van der Waals surface area contributed by atoms with Crippen molar-refractivity contribution < 1.29 is 17.4 Å². The minimum absolute atomic E-state index is 0.